The Labute approximate surface area is 106 Å². The third-order valence-electron chi connectivity index (χ3n) is 3.74. The molecule has 100 valence electrons. The highest BCUT2D eigenvalue weighted by molar-refractivity contribution is 5.26. The maximum Gasteiger partial charge on any atom is 0.129 e. The van der Waals surface area contributed by atoms with Crippen LogP contribution in [0.15, 0.2) is 18.2 Å². The molecule has 18 heavy (non-hydrogen) atoms. The van der Waals surface area contributed by atoms with E-state index in [2.05, 4.69) is 5.32 Å². The molecule has 0 radical (unpaired) electrons. The van der Waals surface area contributed by atoms with E-state index in [-0.39, 0.29) is 5.56 Å². The van der Waals surface area contributed by atoms with Crippen LogP contribution in [0.2, 0.25) is 0 Å². The van der Waals surface area contributed by atoms with Gasteiger partial charge in [-0.25, -0.2) is 8.78 Å². The smallest absolute Gasteiger partial charge is 0.129 e. The van der Waals surface area contributed by atoms with Crippen molar-refractivity contribution < 1.29 is 13.9 Å². The first-order valence-corrected chi connectivity index (χ1v) is 6.46. The standard InChI is InChI=1S/C14H19F2NO/c1-2-17-11-5-7-14(18,8-6-11)12-9-10(15)3-4-13(12)16/h3-4,9,11,17-18H,2,5-8H2,1H3. The van der Waals surface area contributed by atoms with Crippen molar-refractivity contribution in [2.24, 2.45) is 0 Å². The minimum atomic E-state index is -1.22. The lowest BCUT2D eigenvalue weighted by Crippen LogP contribution is -2.40. The van der Waals surface area contributed by atoms with Crippen LogP contribution in [-0.2, 0) is 5.60 Å². The van der Waals surface area contributed by atoms with Crippen molar-refractivity contribution in [2.45, 2.75) is 44.2 Å². The van der Waals surface area contributed by atoms with E-state index in [1.807, 2.05) is 6.92 Å². The van der Waals surface area contributed by atoms with Gasteiger partial charge in [0.1, 0.15) is 11.6 Å². The van der Waals surface area contributed by atoms with E-state index < -0.39 is 17.2 Å². The first-order valence-electron chi connectivity index (χ1n) is 6.46. The maximum atomic E-state index is 13.7. The summed E-state index contributed by atoms with van der Waals surface area (Å²) in [7, 11) is 0. The second-order valence-corrected chi connectivity index (χ2v) is 4.99. The highest BCUT2D eigenvalue weighted by atomic mass is 19.1. The van der Waals surface area contributed by atoms with Crippen LogP contribution in [0, 0.1) is 11.6 Å². The summed E-state index contributed by atoms with van der Waals surface area (Å²) >= 11 is 0. The molecule has 0 aliphatic heterocycles. The average molecular weight is 255 g/mol. The highest BCUT2D eigenvalue weighted by Gasteiger charge is 2.36. The molecule has 2 rings (SSSR count). The van der Waals surface area contributed by atoms with E-state index in [9.17, 15) is 13.9 Å². The summed E-state index contributed by atoms with van der Waals surface area (Å²) in [6, 6.07) is 3.64. The van der Waals surface area contributed by atoms with Gasteiger partial charge in [-0.05, 0) is 50.4 Å². The average Bonchev–Trinajstić information content (AvgIpc) is 2.36. The number of hydrogen-bond acceptors (Lipinski definition) is 2. The zero-order valence-electron chi connectivity index (χ0n) is 10.5. The molecule has 0 saturated heterocycles. The molecule has 0 amide bonds. The van der Waals surface area contributed by atoms with E-state index in [1.54, 1.807) is 0 Å². The van der Waals surface area contributed by atoms with Crippen molar-refractivity contribution in [3.8, 4) is 0 Å². The Hall–Kier alpha value is -1.00. The molecule has 1 fully saturated rings. The Morgan fingerprint density at radius 1 is 1.33 bits per heavy atom. The number of rotatable bonds is 3. The first kappa shape index (κ1) is 13.4. The van der Waals surface area contributed by atoms with E-state index in [0.717, 1.165) is 37.6 Å². The Morgan fingerprint density at radius 3 is 2.61 bits per heavy atom. The van der Waals surface area contributed by atoms with E-state index in [4.69, 9.17) is 0 Å². The normalized spacial score (nSPS) is 28.3. The van der Waals surface area contributed by atoms with E-state index in [0.29, 0.717) is 18.9 Å². The van der Waals surface area contributed by atoms with Gasteiger partial charge in [0.05, 0.1) is 5.60 Å². The number of benzene rings is 1. The largest absolute Gasteiger partial charge is 0.385 e. The van der Waals surface area contributed by atoms with Crippen LogP contribution in [0.4, 0.5) is 8.78 Å². The van der Waals surface area contributed by atoms with E-state index in [1.165, 1.54) is 0 Å². The summed E-state index contributed by atoms with van der Waals surface area (Å²) < 4.78 is 26.9. The molecule has 0 aromatic heterocycles. The number of nitrogens with one attached hydrogen (secondary N) is 1. The summed E-state index contributed by atoms with van der Waals surface area (Å²) in [5.41, 5.74) is -1.13. The molecule has 0 atom stereocenters. The van der Waals surface area contributed by atoms with Crippen LogP contribution in [0.25, 0.3) is 0 Å². The fourth-order valence-corrected chi connectivity index (χ4v) is 2.71. The van der Waals surface area contributed by atoms with Crippen molar-refractivity contribution >= 4 is 0 Å². The van der Waals surface area contributed by atoms with Crippen molar-refractivity contribution in [1.29, 1.82) is 0 Å². The molecule has 1 aliphatic carbocycles. The van der Waals surface area contributed by atoms with Gasteiger partial charge in [-0.15, -0.1) is 0 Å². The molecule has 0 heterocycles. The number of aliphatic hydroxyl groups is 1. The van der Waals surface area contributed by atoms with Gasteiger partial charge in [-0.2, -0.15) is 0 Å². The SMILES string of the molecule is CCNC1CCC(O)(c2cc(F)ccc2F)CC1. The molecule has 0 bridgehead atoms. The van der Waals surface area contributed by atoms with Gasteiger partial charge in [-0.3, -0.25) is 0 Å². The summed E-state index contributed by atoms with van der Waals surface area (Å²) in [4.78, 5) is 0. The van der Waals surface area contributed by atoms with Gasteiger partial charge in [0.25, 0.3) is 0 Å². The molecule has 0 unspecified atom stereocenters. The maximum absolute atomic E-state index is 13.7. The van der Waals surface area contributed by atoms with Gasteiger partial charge in [-0.1, -0.05) is 6.92 Å². The molecule has 1 aromatic carbocycles. The van der Waals surface area contributed by atoms with Crippen LogP contribution in [0.3, 0.4) is 0 Å². The van der Waals surface area contributed by atoms with Crippen LogP contribution in [0.5, 0.6) is 0 Å². The predicted octanol–water partition coefficient (Wildman–Crippen LogP) is 2.70. The van der Waals surface area contributed by atoms with Crippen LogP contribution < -0.4 is 5.32 Å². The predicted molar refractivity (Wildman–Crippen MR) is 66.2 cm³/mol. The Morgan fingerprint density at radius 2 is 2.00 bits per heavy atom. The van der Waals surface area contributed by atoms with Crippen LogP contribution >= 0.6 is 0 Å². The fraction of sp³-hybridized carbons (Fsp3) is 0.571. The fourth-order valence-electron chi connectivity index (χ4n) is 2.71. The van der Waals surface area contributed by atoms with Gasteiger partial charge >= 0.3 is 0 Å². The lowest BCUT2D eigenvalue weighted by atomic mass is 9.77. The summed E-state index contributed by atoms with van der Waals surface area (Å²) in [6.45, 7) is 2.92. The zero-order chi connectivity index (χ0) is 13.2. The van der Waals surface area contributed by atoms with Gasteiger partial charge in [0, 0.05) is 11.6 Å². The number of hydrogen-bond donors (Lipinski definition) is 2. The van der Waals surface area contributed by atoms with Crippen LogP contribution in [0.1, 0.15) is 38.2 Å². The highest BCUT2D eigenvalue weighted by Crippen LogP contribution is 2.38. The molecule has 0 spiro atoms. The molecule has 4 heteroatoms. The number of halogens is 2. The first-order chi connectivity index (χ1) is 8.55. The van der Waals surface area contributed by atoms with Crippen molar-refractivity contribution in [3.05, 3.63) is 35.4 Å². The topological polar surface area (TPSA) is 32.3 Å². The molecular weight excluding hydrogens is 236 g/mol. The van der Waals surface area contributed by atoms with Crippen molar-refractivity contribution in [1.82, 2.24) is 5.32 Å². The second-order valence-electron chi connectivity index (χ2n) is 4.99. The molecule has 1 aliphatic rings. The Kier molecular flexibility index (Phi) is 3.97. The van der Waals surface area contributed by atoms with Gasteiger partial charge < -0.3 is 10.4 Å². The Bertz CT molecular complexity index is 414. The lowest BCUT2D eigenvalue weighted by Gasteiger charge is -2.36. The molecule has 1 saturated carbocycles. The second kappa shape index (κ2) is 5.33. The summed E-state index contributed by atoms with van der Waals surface area (Å²) in [5.74, 6) is -1.03. The zero-order valence-corrected chi connectivity index (χ0v) is 10.5. The third-order valence-corrected chi connectivity index (χ3v) is 3.74. The quantitative estimate of drug-likeness (QED) is 0.870. The minimum Gasteiger partial charge on any atom is -0.385 e. The van der Waals surface area contributed by atoms with E-state index >= 15 is 0 Å². The minimum absolute atomic E-state index is 0.0949. The van der Waals surface area contributed by atoms with Crippen molar-refractivity contribution in [2.75, 3.05) is 6.54 Å². The summed E-state index contributed by atoms with van der Waals surface area (Å²) in [5, 5.41) is 13.8. The lowest BCUT2D eigenvalue weighted by molar-refractivity contribution is -0.0114. The molecule has 2 nitrogen and oxygen atoms in total. The van der Waals surface area contributed by atoms with Gasteiger partial charge in [0.15, 0.2) is 0 Å². The monoisotopic (exact) mass is 255 g/mol. The Balaban J connectivity index is 2.15. The molecule has 2 N–H and O–H groups in total. The van der Waals surface area contributed by atoms with Crippen molar-refractivity contribution in [3.63, 3.8) is 0 Å². The summed E-state index contributed by atoms with van der Waals surface area (Å²) in [6.07, 6.45) is 2.48. The van der Waals surface area contributed by atoms with Crippen LogP contribution in [-0.4, -0.2) is 17.7 Å². The molecular formula is C14H19F2NO. The third kappa shape index (κ3) is 2.70. The van der Waals surface area contributed by atoms with Gasteiger partial charge in [0.2, 0.25) is 0 Å². The molecule has 1 aromatic rings.